The Bertz CT molecular complexity index is 170. The van der Waals surface area contributed by atoms with Gasteiger partial charge in [-0.15, -0.1) is 0 Å². The van der Waals surface area contributed by atoms with Gasteiger partial charge in [0.05, 0.1) is 6.61 Å². The molecule has 0 unspecified atom stereocenters. The lowest BCUT2D eigenvalue weighted by Gasteiger charge is -1.97. The third kappa shape index (κ3) is 1.32. The predicted octanol–water partition coefficient (Wildman–Crippen LogP) is 1.41. The maximum absolute atomic E-state index is 5.33. The van der Waals surface area contributed by atoms with Crippen molar-refractivity contribution in [1.82, 2.24) is 5.32 Å². The lowest BCUT2D eigenvalue weighted by molar-refractivity contribution is 0.264. The molecule has 1 aliphatic heterocycles. The van der Waals surface area contributed by atoms with Crippen molar-refractivity contribution in [3.05, 3.63) is 23.6 Å². The Hall–Kier alpha value is -0.920. The van der Waals surface area contributed by atoms with Gasteiger partial charge < -0.3 is 10.1 Å². The Labute approximate surface area is 61.6 Å². The van der Waals surface area contributed by atoms with Crippen molar-refractivity contribution in [3.63, 3.8) is 0 Å². The molecule has 1 saturated heterocycles. The summed E-state index contributed by atoms with van der Waals surface area (Å²) < 4.78 is 5.33. The van der Waals surface area contributed by atoms with Crippen LogP contribution in [0.15, 0.2) is 23.6 Å². The van der Waals surface area contributed by atoms with E-state index in [9.17, 15) is 0 Å². The largest absolute Gasteiger partial charge is 0.491 e. The summed E-state index contributed by atoms with van der Waals surface area (Å²) in [6.07, 6.45) is 5.03. The zero-order valence-corrected chi connectivity index (χ0v) is 6.48. The molecule has 10 heavy (non-hydrogen) atoms. The number of allylic oxidation sites excluding steroid dienone is 2. The first-order chi connectivity index (χ1) is 4.88. The zero-order valence-electron chi connectivity index (χ0n) is 6.48. The van der Waals surface area contributed by atoms with E-state index in [0.29, 0.717) is 0 Å². The van der Waals surface area contributed by atoms with Crippen LogP contribution in [0.1, 0.15) is 13.3 Å². The lowest BCUT2D eigenvalue weighted by atomic mass is 10.2. The summed E-state index contributed by atoms with van der Waals surface area (Å²) in [5.74, 6) is 0.991. The molecule has 1 N–H and O–H groups in total. The molecule has 1 heterocycles. The Morgan fingerprint density at radius 3 is 3.00 bits per heavy atom. The molecule has 0 amide bonds. The highest BCUT2D eigenvalue weighted by molar-refractivity contribution is 5.27. The average Bonchev–Trinajstić information content (AvgIpc) is 2.36. The molecule has 2 heteroatoms. The Morgan fingerprint density at radius 2 is 2.40 bits per heavy atom. The van der Waals surface area contributed by atoms with Crippen molar-refractivity contribution < 1.29 is 4.74 Å². The van der Waals surface area contributed by atoms with Crippen LogP contribution >= 0.6 is 0 Å². The second-order valence-corrected chi connectivity index (χ2v) is 2.21. The minimum atomic E-state index is 0.827. The molecule has 1 fully saturated rings. The van der Waals surface area contributed by atoms with Gasteiger partial charge in [-0.1, -0.05) is 6.08 Å². The van der Waals surface area contributed by atoms with Gasteiger partial charge in [-0.2, -0.15) is 0 Å². The van der Waals surface area contributed by atoms with Gasteiger partial charge in [0.15, 0.2) is 0 Å². The summed E-state index contributed by atoms with van der Waals surface area (Å²) in [5.41, 5.74) is 1.30. The van der Waals surface area contributed by atoms with E-state index in [1.165, 1.54) is 5.57 Å². The van der Waals surface area contributed by atoms with Crippen molar-refractivity contribution in [3.8, 4) is 0 Å². The number of ether oxygens (including phenoxy) is 1. The lowest BCUT2D eigenvalue weighted by Crippen LogP contribution is -1.96. The van der Waals surface area contributed by atoms with Gasteiger partial charge in [-0.05, 0) is 12.5 Å². The van der Waals surface area contributed by atoms with E-state index in [1.54, 1.807) is 0 Å². The van der Waals surface area contributed by atoms with Gasteiger partial charge in [0.1, 0.15) is 5.76 Å². The monoisotopic (exact) mass is 139 g/mol. The van der Waals surface area contributed by atoms with Gasteiger partial charge in [-0.25, -0.2) is 0 Å². The zero-order chi connectivity index (χ0) is 7.40. The fraction of sp³-hybridized carbons (Fsp3) is 0.500. The minimum absolute atomic E-state index is 0.827. The Morgan fingerprint density at radius 1 is 1.60 bits per heavy atom. The van der Waals surface area contributed by atoms with Crippen molar-refractivity contribution in [2.75, 3.05) is 13.7 Å². The van der Waals surface area contributed by atoms with Crippen LogP contribution in [-0.2, 0) is 4.74 Å². The first-order valence-electron chi connectivity index (χ1n) is 3.54. The normalized spacial score (nSPS) is 25.4. The first-order valence-corrected chi connectivity index (χ1v) is 3.54. The molecule has 1 rings (SSSR count). The maximum Gasteiger partial charge on any atom is 0.137 e. The highest BCUT2D eigenvalue weighted by atomic mass is 16.5. The summed E-state index contributed by atoms with van der Waals surface area (Å²) in [4.78, 5) is 0. The summed E-state index contributed by atoms with van der Waals surface area (Å²) >= 11 is 0. The van der Waals surface area contributed by atoms with E-state index in [2.05, 4.69) is 11.4 Å². The third-order valence-corrected chi connectivity index (χ3v) is 1.57. The molecule has 0 atom stereocenters. The standard InChI is InChI=1S/C8H13NO/c1-3-7-4-5-10-8(7)6-9-2/h3,6,9H,4-5H2,1-2H3/b7-3-,8-6+. The van der Waals surface area contributed by atoms with Crippen molar-refractivity contribution >= 4 is 0 Å². The van der Waals surface area contributed by atoms with Crippen molar-refractivity contribution in [1.29, 1.82) is 0 Å². The molecular weight excluding hydrogens is 126 g/mol. The first kappa shape index (κ1) is 7.19. The van der Waals surface area contributed by atoms with Gasteiger partial charge in [0.2, 0.25) is 0 Å². The second kappa shape index (κ2) is 3.30. The minimum Gasteiger partial charge on any atom is -0.491 e. The van der Waals surface area contributed by atoms with Crippen molar-refractivity contribution in [2.24, 2.45) is 0 Å². The van der Waals surface area contributed by atoms with Crippen molar-refractivity contribution in [2.45, 2.75) is 13.3 Å². The second-order valence-electron chi connectivity index (χ2n) is 2.21. The summed E-state index contributed by atoms with van der Waals surface area (Å²) in [6, 6.07) is 0. The highest BCUT2D eigenvalue weighted by Gasteiger charge is 2.12. The topological polar surface area (TPSA) is 21.3 Å². The maximum atomic E-state index is 5.33. The summed E-state index contributed by atoms with van der Waals surface area (Å²) in [5, 5.41) is 2.95. The molecule has 0 saturated carbocycles. The van der Waals surface area contributed by atoms with Crippen LogP contribution in [0.5, 0.6) is 0 Å². The molecule has 0 bridgehead atoms. The van der Waals surface area contributed by atoms with E-state index >= 15 is 0 Å². The van der Waals surface area contributed by atoms with E-state index in [-0.39, 0.29) is 0 Å². The fourth-order valence-corrected chi connectivity index (χ4v) is 1.04. The number of hydrogen-bond acceptors (Lipinski definition) is 2. The van der Waals surface area contributed by atoms with E-state index in [1.807, 2.05) is 20.2 Å². The summed E-state index contributed by atoms with van der Waals surface area (Å²) in [6.45, 7) is 2.86. The molecule has 1 aliphatic rings. The predicted molar refractivity (Wildman–Crippen MR) is 41.5 cm³/mol. The van der Waals surface area contributed by atoms with Crippen LogP contribution in [0, 0.1) is 0 Å². The van der Waals surface area contributed by atoms with E-state index in [0.717, 1.165) is 18.8 Å². The average molecular weight is 139 g/mol. The quantitative estimate of drug-likeness (QED) is 0.593. The van der Waals surface area contributed by atoms with Gasteiger partial charge >= 0.3 is 0 Å². The smallest absolute Gasteiger partial charge is 0.137 e. The van der Waals surface area contributed by atoms with Gasteiger partial charge in [0.25, 0.3) is 0 Å². The van der Waals surface area contributed by atoms with Crippen LogP contribution in [0.2, 0.25) is 0 Å². The molecule has 2 nitrogen and oxygen atoms in total. The van der Waals surface area contributed by atoms with Crippen LogP contribution < -0.4 is 5.32 Å². The third-order valence-electron chi connectivity index (χ3n) is 1.57. The number of nitrogens with one attached hydrogen (secondary N) is 1. The Balaban J connectivity index is 2.68. The Kier molecular flexibility index (Phi) is 2.37. The molecule has 0 aromatic rings. The summed E-state index contributed by atoms with van der Waals surface area (Å²) in [7, 11) is 1.88. The number of rotatable bonds is 1. The van der Waals surface area contributed by atoms with Crippen LogP contribution in [-0.4, -0.2) is 13.7 Å². The molecule has 0 radical (unpaired) electrons. The van der Waals surface area contributed by atoms with E-state index < -0.39 is 0 Å². The SMILES string of the molecule is C/C=C1/CCO/C1=C/NC. The van der Waals surface area contributed by atoms with Gasteiger partial charge in [0, 0.05) is 19.7 Å². The van der Waals surface area contributed by atoms with Gasteiger partial charge in [-0.3, -0.25) is 0 Å². The molecule has 0 aromatic carbocycles. The van der Waals surface area contributed by atoms with Crippen LogP contribution in [0.25, 0.3) is 0 Å². The molecular formula is C8H13NO. The van der Waals surface area contributed by atoms with Crippen LogP contribution in [0.3, 0.4) is 0 Å². The van der Waals surface area contributed by atoms with E-state index in [4.69, 9.17) is 4.74 Å². The number of hydrogen-bond donors (Lipinski definition) is 1. The highest BCUT2D eigenvalue weighted by Crippen LogP contribution is 2.22. The molecule has 56 valence electrons. The molecule has 0 aliphatic carbocycles. The molecule has 0 aromatic heterocycles. The fourth-order valence-electron chi connectivity index (χ4n) is 1.04. The van der Waals surface area contributed by atoms with Crippen LogP contribution in [0.4, 0.5) is 0 Å². The molecule has 0 spiro atoms.